The molecule has 2 rings (SSSR count). The Balaban J connectivity index is 2.01. The third-order valence-electron chi connectivity index (χ3n) is 2.56. The van der Waals surface area contributed by atoms with E-state index in [1.807, 2.05) is 18.2 Å². The van der Waals surface area contributed by atoms with Crippen molar-refractivity contribution in [3.8, 4) is 0 Å². The highest BCUT2D eigenvalue weighted by atomic mass is 35.5. The quantitative estimate of drug-likeness (QED) is 0.755. The van der Waals surface area contributed by atoms with Crippen LogP contribution in [-0.2, 0) is 11.2 Å². The van der Waals surface area contributed by atoms with Gasteiger partial charge in [-0.25, -0.2) is 0 Å². The van der Waals surface area contributed by atoms with E-state index in [4.69, 9.17) is 11.6 Å². The van der Waals surface area contributed by atoms with Gasteiger partial charge in [0.15, 0.2) is 0 Å². The van der Waals surface area contributed by atoms with Crippen molar-refractivity contribution in [3.63, 3.8) is 0 Å². The lowest BCUT2D eigenvalue weighted by Gasteiger charge is -2.28. The zero-order valence-corrected chi connectivity index (χ0v) is 8.55. The molecule has 1 atom stereocenters. The number of hydrogen-bond donors (Lipinski definition) is 1. The van der Waals surface area contributed by atoms with E-state index < -0.39 is 0 Å². The molecule has 0 fully saturated rings. The highest BCUT2D eigenvalue weighted by molar-refractivity contribution is 6.18. The Morgan fingerprint density at radius 1 is 1.50 bits per heavy atom. The summed E-state index contributed by atoms with van der Waals surface area (Å²) in [6.07, 6.45) is 0.865. The average molecular weight is 210 g/mol. The van der Waals surface area contributed by atoms with Gasteiger partial charge in [0.05, 0.1) is 5.92 Å². The van der Waals surface area contributed by atoms with Crippen molar-refractivity contribution in [1.82, 2.24) is 5.32 Å². The van der Waals surface area contributed by atoms with E-state index in [0.29, 0.717) is 12.4 Å². The van der Waals surface area contributed by atoms with Crippen LogP contribution in [0.25, 0.3) is 0 Å². The summed E-state index contributed by atoms with van der Waals surface area (Å²) in [5.74, 6) is 0.624. The third-order valence-corrected chi connectivity index (χ3v) is 2.75. The number of alkyl halides is 1. The number of halogens is 1. The summed E-state index contributed by atoms with van der Waals surface area (Å²) in [6.45, 7) is 0.555. The van der Waals surface area contributed by atoms with Crippen LogP contribution in [0.5, 0.6) is 0 Å². The number of fused-ring (bicyclic) bond motifs is 1. The van der Waals surface area contributed by atoms with Gasteiger partial charge in [-0.2, -0.15) is 0 Å². The summed E-state index contributed by atoms with van der Waals surface area (Å²) in [5.41, 5.74) is 2.46. The van der Waals surface area contributed by atoms with Gasteiger partial charge in [-0.3, -0.25) is 4.79 Å². The van der Waals surface area contributed by atoms with E-state index in [-0.39, 0.29) is 11.8 Å². The first-order valence-electron chi connectivity index (χ1n) is 4.74. The Morgan fingerprint density at radius 3 is 3.00 bits per heavy atom. The first kappa shape index (κ1) is 9.53. The summed E-state index contributed by atoms with van der Waals surface area (Å²) >= 11 is 5.50. The summed E-state index contributed by atoms with van der Waals surface area (Å²) in [6, 6.07) is 8.07. The standard InChI is InChI=1S/C11H12ClNO/c12-5-6-13-11(14)10-7-8-3-1-2-4-9(8)10/h1-4,10H,5-7H2,(H,13,14). The lowest BCUT2D eigenvalue weighted by atomic mass is 9.77. The fraction of sp³-hybridized carbons (Fsp3) is 0.364. The molecular formula is C11H12ClNO. The van der Waals surface area contributed by atoms with Crippen LogP contribution < -0.4 is 5.32 Å². The Morgan fingerprint density at radius 2 is 2.29 bits per heavy atom. The zero-order chi connectivity index (χ0) is 9.97. The van der Waals surface area contributed by atoms with E-state index in [1.54, 1.807) is 0 Å². The minimum Gasteiger partial charge on any atom is -0.354 e. The van der Waals surface area contributed by atoms with Crippen LogP contribution in [0, 0.1) is 0 Å². The monoisotopic (exact) mass is 209 g/mol. The second-order valence-electron chi connectivity index (χ2n) is 3.44. The van der Waals surface area contributed by atoms with Crippen molar-refractivity contribution in [2.45, 2.75) is 12.3 Å². The molecule has 0 spiro atoms. The predicted molar refractivity (Wildman–Crippen MR) is 56.6 cm³/mol. The van der Waals surface area contributed by atoms with Gasteiger partial charge in [0.1, 0.15) is 0 Å². The molecule has 3 heteroatoms. The van der Waals surface area contributed by atoms with Gasteiger partial charge in [0, 0.05) is 12.4 Å². The molecule has 0 radical (unpaired) electrons. The maximum Gasteiger partial charge on any atom is 0.227 e. The lowest BCUT2D eigenvalue weighted by molar-refractivity contribution is -0.122. The third kappa shape index (κ3) is 1.62. The maximum absolute atomic E-state index is 11.6. The van der Waals surface area contributed by atoms with Crippen molar-refractivity contribution >= 4 is 17.5 Å². The van der Waals surface area contributed by atoms with Crippen LogP contribution in [0.4, 0.5) is 0 Å². The number of rotatable bonds is 3. The SMILES string of the molecule is O=C(NCCCl)C1Cc2ccccc21. The van der Waals surface area contributed by atoms with Crippen LogP contribution in [0.3, 0.4) is 0 Å². The predicted octanol–water partition coefficient (Wildman–Crippen LogP) is 1.68. The van der Waals surface area contributed by atoms with Gasteiger partial charge in [-0.05, 0) is 17.5 Å². The molecular weight excluding hydrogens is 198 g/mol. The average Bonchev–Trinajstić information content (AvgIpc) is 2.17. The second kappa shape index (κ2) is 4.01. The van der Waals surface area contributed by atoms with E-state index in [2.05, 4.69) is 11.4 Å². The molecule has 0 aromatic heterocycles. The van der Waals surface area contributed by atoms with Crippen molar-refractivity contribution in [2.24, 2.45) is 0 Å². The molecule has 14 heavy (non-hydrogen) atoms. The first-order valence-corrected chi connectivity index (χ1v) is 5.28. The second-order valence-corrected chi connectivity index (χ2v) is 3.81. The van der Waals surface area contributed by atoms with E-state index in [0.717, 1.165) is 6.42 Å². The van der Waals surface area contributed by atoms with Crippen LogP contribution in [0.15, 0.2) is 24.3 Å². The zero-order valence-electron chi connectivity index (χ0n) is 7.79. The molecule has 74 valence electrons. The lowest BCUT2D eigenvalue weighted by Crippen LogP contribution is -2.36. The molecule has 0 saturated heterocycles. The van der Waals surface area contributed by atoms with Gasteiger partial charge >= 0.3 is 0 Å². The van der Waals surface area contributed by atoms with Gasteiger partial charge in [0.2, 0.25) is 5.91 Å². The molecule has 1 aliphatic rings. The molecule has 1 amide bonds. The van der Waals surface area contributed by atoms with Crippen molar-refractivity contribution in [3.05, 3.63) is 35.4 Å². The number of carbonyl (C=O) groups is 1. The number of hydrogen-bond acceptors (Lipinski definition) is 1. The molecule has 1 aliphatic carbocycles. The van der Waals surface area contributed by atoms with Crippen LogP contribution >= 0.6 is 11.6 Å². The highest BCUT2D eigenvalue weighted by Gasteiger charge is 2.31. The van der Waals surface area contributed by atoms with E-state index in [9.17, 15) is 4.79 Å². The summed E-state index contributed by atoms with van der Waals surface area (Å²) < 4.78 is 0. The Kier molecular flexibility index (Phi) is 2.73. The topological polar surface area (TPSA) is 29.1 Å². The molecule has 0 bridgehead atoms. The molecule has 0 saturated carbocycles. The van der Waals surface area contributed by atoms with E-state index in [1.165, 1.54) is 11.1 Å². The number of benzene rings is 1. The largest absolute Gasteiger partial charge is 0.354 e. The summed E-state index contributed by atoms with van der Waals surface area (Å²) in [7, 11) is 0. The van der Waals surface area contributed by atoms with Gasteiger partial charge in [-0.15, -0.1) is 11.6 Å². The van der Waals surface area contributed by atoms with Crippen LogP contribution in [0.1, 0.15) is 17.0 Å². The smallest absolute Gasteiger partial charge is 0.227 e. The summed E-state index contributed by atoms with van der Waals surface area (Å²) in [4.78, 5) is 11.6. The number of nitrogens with one attached hydrogen (secondary N) is 1. The Bertz CT molecular complexity index is 351. The van der Waals surface area contributed by atoms with Crippen molar-refractivity contribution in [1.29, 1.82) is 0 Å². The van der Waals surface area contributed by atoms with Gasteiger partial charge in [0.25, 0.3) is 0 Å². The molecule has 0 aliphatic heterocycles. The summed E-state index contributed by atoms with van der Waals surface area (Å²) in [5, 5.41) is 2.80. The molecule has 1 unspecified atom stereocenters. The Labute approximate surface area is 88.3 Å². The maximum atomic E-state index is 11.6. The van der Waals surface area contributed by atoms with Crippen LogP contribution in [0.2, 0.25) is 0 Å². The minimum atomic E-state index is 0.0504. The van der Waals surface area contributed by atoms with Crippen LogP contribution in [-0.4, -0.2) is 18.3 Å². The molecule has 0 heterocycles. The van der Waals surface area contributed by atoms with Gasteiger partial charge < -0.3 is 5.32 Å². The number of amides is 1. The fourth-order valence-electron chi connectivity index (χ4n) is 1.79. The molecule has 2 nitrogen and oxygen atoms in total. The molecule has 1 aromatic carbocycles. The minimum absolute atomic E-state index is 0.0504. The first-order chi connectivity index (χ1) is 6.83. The number of carbonyl (C=O) groups excluding carboxylic acids is 1. The fourth-order valence-corrected chi connectivity index (χ4v) is 1.88. The van der Waals surface area contributed by atoms with E-state index >= 15 is 0 Å². The highest BCUT2D eigenvalue weighted by Crippen LogP contribution is 2.34. The molecule has 1 aromatic rings. The Hall–Kier alpha value is -1.02. The van der Waals surface area contributed by atoms with Gasteiger partial charge in [-0.1, -0.05) is 24.3 Å². The van der Waals surface area contributed by atoms with Crippen molar-refractivity contribution in [2.75, 3.05) is 12.4 Å². The van der Waals surface area contributed by atoms with Crippen molar-refractivity contribution < 1.29 is 4.79 Å². The molecule has 1 N–H and O–H groups in total. The normalized spacial score (nSPS) is 18.2.